The van der Waals surface area contributed by atoms with Crippen molar-refractivity contribution in [2.45, 2.75) is 29.9 Å². The first-order valence-electron chi connectivity index (χ1n) is 3.47. The van der Waals surface area contributed by atoms with Crippen LogP contribution in [-0.4, -0.2) is 31.3 Å². The Morgan fingerprint density at radius 2 is 1.50 bits per heavy atom. The van der Waals surface area contributed by atoms with Crippen LogP contribution in [0.4, 0.5) is 0 Å². The first kappa shape index (κ1) is 8.50. The lowest BCUT2D eigenvalue weighted by molar-refractivity contribution is -0.0157. The van der Waals surface area contributed by atoms with Crippen LogP contribution in [0.2, 0.25) is 0 Å². The minimum Gasteiger partial charge on any atom is -0.379 e. The summed E-state index contributed by atoms with van der Waals surface area (Å²) >= 11 is 3.54. The molecule has 60 valence electrons. The summed E-state index contributed by atoms with van der Waals surface area (Å²) in [6.45, 7) is 0. The van der Waals surface area contributed by atoms with Gasteiger partial charge >= 0.3 is 0 Å². The van der Waals surface area contributed by atoms with Gasteiger partial charge in [-0.3, -0.25) is 0 Å². The number of ether oxygens (including phenoxy) is 2. The molecular formula is C7H13BrO2. The predicted octanol–water partition coefficient (Wildman–Crippen LogP) is 1.57. The predicted molar refractivity (Wildman–Crippen MR) is 43.5 cm³/mol. The normalized spacial score (nSPS) is 35.1. The molecule has 1 fully saturated rings. The molecule has 0 heterocycles. The van der Waals surface area contributed by atoms with Gasteiger partial charge in [0.15, 0.2) is 0 Å². The number of alkyl halides is 1. The quantitative estimate of drug-likeness (QED) is 0.642. The van der Waals surface area contributed by atoms with Crippen LogP contribution in [0, 0.1) is 0 Å². The van der Waals surface area contributed by atoms with Crippen LogP contribution in [-0.2, 0) is 9.47 Å². The van der Waals surface area contributed by atoms with Crippen molar-refractivity contribution in [3.8, 4) is 0 Å². The Labute approximate surface area is 70.0 Å². The minimum atomic E-state index is 0.286. The Bertz CT molecular complexity index is 95.8. The highest BCUT2D eigenvalue weighted by molar-refractivity contribution is 9.09. The number of halogens is 1. The van der Waals surface area contributed by atoms with Crippen molar-refractivity contribution in [3.63, 3.8) is 0 Å². The molecule has 2 nitrogen and oxygen atoms in total. The van der Waals surface area contributed by atoms with E-state index in [4.69, 9.17) is 9.47 Å². The van der Waals surface area contributed by atoms with E-state index in [0.29, 0.717) is 4.83 Å². The summed E-state index contributed by atoms with van der Waals surface area (Å²) in [5, 5.41) is 0. The van der Waals surface area contributed by atoms with Crippen LogP contribution in [0.1, 0.15) is 12.8 Å². The van der Waals surface area contributed by atoms with Crippen LogP contribution < -0.4 is 0 Å². The fourth-order valence-corrected chi connectivity index (χ4v) is 2.14. The molecule has 0 spiro atoms. The van der Waals surface area contributed by atoms with E-state index in [9.17, 15) is 0 Å². The highest BCUT2D eigenvalue weighted by Crippen LogP contribution is 2.29. The molecule has 0 aliphatic heterocycles. The largest absolute Gasteiger partial charge is 0.379 e. The van der Waals surface area contributed by atoms with E-state index in [0.717, 1.165) is 12.8 Å². The van der Waals surface area contributed by atoms with Gasteiger partial charge in [-0.05, 0) is 12.8 Å². The van der Waals surface area contributed by atoms with Crippen LogP contribution in [0.3, 0.4) is 0 Å². The monoisotopic (exact) mass is 208 g/mol. The summed E-state index contributed by atoms with van der Waals surface area (Å²) in [4.78, 5) is 0.572. The van der Waals surface area contributed by atoms with E-state index in [2.05, 4.69) is 15.9 Å². The number of methoxy groups -OCH3 is 2. The van der Waals surface area contributed by atoms with Gasteiger partial charge in [0.2, 0.25) is 0 Å². The lowest BCUT2D eigenvalue weighted by Crippen LogP contribution is -2.23. The third-order valence-corrected chi connectivity index (χ3v) is 2.74. The summed E-state index contributed by atoms with van der Waals surface area (Å²) in [5.74, 6) is 0. The standard InChI is InChI=1S/C7H13BrO2/c1-9-6-3-5(8)4-7(6)10-2/h5-7H,3-4H2,1-2H3/t6-,7-/m0/s1. The zero-order valence-corrected chi connectivity index (χ0v) is 7.93. The molecule has 1 aliphatic rings. The van der Waals surface area contributed by atoms with E-state index in [1.165, 1.54) is 0 Å². The number of rotatable bonds is 2. The summed E-state index contributed by atoms with van der Waals surface area (Å²) in [6.07, 6.45) is 2.70. The zero-order chi connectivity index (χ0) is 7.56. The smallest absolute Gasteiger partial charge is 0.0843 e. The number of hydrogen-bond acceptors (Lipinski definition) is 2. The molecule has 0 aromatic rings. The Balaban J connectivity index is 2.41. The van der Waals surface area contributed by atoms with Gasteiger partial charge in [0, 0.05) is 19.0 Å². The van der Waals surface area contributed by atoms with E-state index >= 15 is 0 Å². The number of hydrogen-bond donors (Lipinski definition) is 0. The van der Waals surface area contributed by atoms with Crippen molar-refractivity contribution >= 4 is 15.9 Å². The maximum Gasteiger partial charge on any atom is 0.0843 e. The van der Waals surface area contributed by atoms with E-state index in [1.807, 2.05) is 0 Å². The van der Waals surface area contributed by atoms with E-state index < -0.39 is 0 Å². The van der Waals surface area contributed by atoms with E-state index in [1.54, 1.807) is 14.2 Å². The van der Waals surface area contributed by atoms with Gasteiger partial charge in [-0.1, -0.05) is 15.9 Å². The molecule has 10 heavy (non-hydrogen) atoms. The fraction of sp³-hybridized carbons (Fsp3) is 1.00. The van der Waals surface area contributed by atoms with Crippen molar-refractivity contribution in [1.82, 2.24) is 0 Å². The average molecular weight is 209 g/mol. The summed E-state index contributed by atoms with van der Waals surface area (Å²) in [7, 11) is 3.48. The Hall–Kier alpha value is 0.400. The molecule has 0 amide bonds. The summed E-state index contributed by atoms with van der Waals surface area (Å²) in [5.41, 5.74) is 0. The molecule has 0 unspecified atom stereocenters. The third-order valence-electron chi connectivity index (χ3n) is 2.00. The molecule has 0 radical (unpaired) electrons. The lowest BCUT2D eigenvalue weighted by Gasteiger charge is -2.15. The van der Waals surface area contributed by atoms with Crippen molar-refractivity contribution in [2.24, 2.45) is 0 Å². The molecule has 0 saturated heterocycles. The van der Waals surface area contributed by atoms with Gasteiger partial charge in [-0.15, -0.1) is 0 Å². The molecule has 3 heteroatoms. The second-order valence-corrected chi connectivity index (χ2v) is 3.91. The van der Waals surface area contributed by atoms with E-state index in [-0.39, 0.29) is 12.2 Å². The summed E-state index contributed by atoms with van der Waals surface area (Å²) < 4.78 is 10.5. The fourth-order valence-electron chi connectivity index (χ4n) is 1.40. The van der Waals surface area contributed by atoms with Crippen molar-refractivity contribution in [1.29, 1.82) is 0 Å². The Kier molecular flexibility index (Phi) is 3.14. The first-order valence-corrected chi connectivity index (χ1v) is 4.39. The highest BCUT2D eigenvalue weighted by atomic mass is 79.9. The maximum atomic E-state index is 5.23. The second-order valence-electron chi connectivity index (χ2n) is 2.62. The van der Waals surface area contributed by atoms with Gasteiger partial charge in [0.25, 0.3) is 0 Å². The topological polar surface area (TPSA) is 18.5 Å². The van der Waals surface area contributed by atoms with Crippen LogP contribution in [0.5, 0.6) is 0 Å². The van der Waals surface area contributed by atoms with Crippen molar-refractivity contribution < 1.29 is 9.47 Å². The van der Waals surface area contributed by atoms with Crippen molar-refractivity contribution in [2.75, 3.05) is 14.2 Å². The molecule has 1 saturated carbocycles. The van der Waals surface area contributed by atoms with Gasteiger partial charge in [0.05, 0.1) is 12.2 Å². The van der Waals surface area contributed by atoms with Gasteiger partial charge in [-0.2, -0.15) is 0 Å². The molecule has 2 atom stereocenters. The molecule has 0 aromatic heterocycles. The molecular weight excluding hydrogens is 196 g/mol. The third kappa shape index (κ3) is 1.71. The molecule has 1 aliphatic carbocycles. The van der Waals surface area contributed by atoms with Crippen LogP contribution in [0.15, 0.2) is 0 Å². The zero-order valence-electron chi connectivity index (χ0n) is 6.34. The lowest BCUT2D eigenvalue weighted by atomic mass is 10.3. The Morgan fingerprint density at radius 3 is 1.80 bits per heavy atom. The van der Waals surface area contributed by atoms with Gasteiger partial charge in [-0.25, -0.2) is 0 Å². The molecule has 0 N–H and O–H groups in total. The minimum absolute atomic E-state index is 0.286. The molecule has 0 bridgehead atoms. The summed E-state index contributed by atoms with van der Waals surface area (Å²) in [6, 6.07) is 0. The molecule has 1 rings (SSSR count). The second kappa shape index (κ2) is 3.69. The average Bonchev–Trinajstić information content (AvgIpc) is 2.30. The van der Waals surface area contributed by atoms with Crippen LogP contribution >= 0.6 is 15.9 Å². The highest BCUT2D eigenvalue weighted by Gasteiger charge is 2.32. The maximum absolute atomic E-state index is 5.23. The van der Waals surface area contributed by atoms with Gasteiger partial charge < -0.3 is 9.47 Å². The van der Waals surface area contributed by atoms with Crippen LogP contribution in [0.25, 0.3) is 0 Å². The molecule has 0 aromatic carbocycles. The first-order chi connectivity index (χ1) is 4.77. The van der Waals surface area contributed by atoms with Crippen molar-refractivity contribution in [3.05, 3.63) is 0 Å². The SMILES string of the molecule is CO[C@H]1CC(Br)C[C@@H]1OC. The Morgan fingerprint density at radius 1 is 1.10 bits per heavy atom. The van der Waals surface area contributed by atoms with Gasteiger partial charge in [0.1, 0.15) is 0 Å².